The van der Waals surface area contributed by atoms with Crippen molar-refractivity contribution in [2.24, 2.45) is 4.99 Å². The van der Waals surface area contributed by atoms with Crippen molar-refractivity contribution in [3.63, 3.8) is 0 Å². The van der Waals surface area contributed by atoms with Crippen LogP contribution in [0.3, 0.4) is 0 Å². The molecule has 19 heavy (non-hydrogen) atoms. The van der Waals surface area contributed by atoms with Crippen molar-refractivity contribution in [2.45, 2.75) is 0 Å². The van der Waals surface area contributed by atoms with Crippen LogP contribution in [-0.2, 0) is 0 Å². The zero-order valence-corrected chi connectivity index (χ0v) is 11.1. The molecule has 6 heteroatoms. The van der Waals surface area contributed by atoms with Crippen molar-refractivity contribution in [1.29, 1.82) is 5.26 Å². The molecule has 1 aromatic carbocycles. The molecule has 0 aliphatic heterocycles. The first-order chi connectivity index (χ1) is 9.33. The highest BCUT2D eigenvalue weighted by Crippen LogP contribution is 2.21. The number of nitrogens with zero attached hydrogens (tertiary/aromatic N) is 4. The quantitative estimate of drug-likeness (QED) is 0.392. The van der Waals surface area contributed by atoms with Gasteiger partial charge in [-0.1, -0.05) is 23.9 Å². The number of hydrogen-bond acceptors (Lipinski definition) is 5. The third-order valence-corrected chi connectivity index (χ3v) is 2.93. The van der Waals surface area contributed by atoms with E-state index < -0.39 is 0 Å². The summed E-state index contributed by atoms with van der Waals surface area (Å²) in [6.07, 6.45) is 8.74. The lowest BCUT2D eigenvalue weighted by molar-refractivity contribution is 1.17. The van der Waals surface area contributed by atoms with E-state index in [0.717, 1.165) is 16.8 Å². The van der Waals surface area contributed by atoms with E-state index in [4.69, 9.17) is 5.26 Å². The van der Waals surface area contributed by atoms with Gasteiger partial charge in [-0.15, -0.1) is 0 Å². The molecule has 0 aliphatic carbocycles. The van der Waals surface area contributed by atoms with E-state index in [1.54, 1.807) is 12.4 Å². The van der Waals surface area contributed by atoms with E-state index in [1.165, 1.54) is 18.1 Å². The topological polar surface area (TPSA) is 74.0 Å². The minimum Gasteiger partial charge on any atom is -0.271 e. The number of amidine groups is 1. The largest absolute Gasteiger partial charge is 0.271 e. The number of aliphatic imine (C=N–C) groups is 1. The molecule has 0 unspecified atom stereocenters. The van der Waals surface area contributed by atoms with Gasteiger partial charge in [-0.05, 0) is 24.0 Å². The van der Waals surface area contributed by atoms with Gasteiger partial charge in [-0.3, -0.25) is 5.32 Å². The van der Waals surface area contributed by atoms with Crippen LogP contribution in [0.15, 0.2) is 48.0 Å². The van der Waals surface area contributed by atoms with Crippen LogP contribution in [0.5, 0.6) is 0 Å². The van der Waals surface area contributed by atoms with Gasteiger partial charge in [0.15, 0.2) is 11.4 Å². The molecule has 0 saturated heterocycles. The Morgan fingerprint density at radius 3 is 2.47 bits per heavy atom. The van der Waals surface area contributed by atoms with Crippen molar-refractivity contribution < 1.29 is 0 Å². The fourth-order valence-electron chi connectivity index (χ4n) is 1.47. The van der Waals surface area contributed by atoms with Crippen LogP contribution in [0.25, 0.3) is 11.1 Å². The van der Waals surface area contributed by atoms with E-state index in [1.807, 2.05) is 36.7 Å². The van der Waals surface area contributed by atoms with Gasteiger partial charge < -0.3 is 0 Å². The SMILES string of the molecule is CSC(=Nc1ccc(-c2cncnc2)cc1)NC#N. The maximum atomic E-state index is 8.57. The van der Waals surface area contributed by atoms with E-state index in [-0.39, 0.29) is 0 Å². The number of nitrogens with one attached hydrogen (secondary N) is 1. The molecular formula is C13H11N5S. The van der Waals surface area contributed by atoms with Crippen LogP contribution in [0.4, 0.5) is 5.69 Å². The maximum Gasteiger partial charge on any atom is 0.183 e. The first kappa shape index (κ1) is 13.1. The van der Waals surface area contributed by atoms with Gasteiger partial charge in [0.25, 0.3) is 0 Å². The minimum absolute atomic E-state index is 0.568. The average molecular weight is 269 g/mol. The summed E-state index contributed by atoms with van der Waals surface area (Å²) in [4.78, 5) is 12.3. The Kier molecular flexibility index (Phi) is 4.48. The molecule has 0 bridgehead atoms. The molecule has 0 saturated carbocycles. The Morgan fingerprint density at radius 2 is 1.89 bits per heavy atom. The predicted molar refractivity (Wildman–Crippen MR) is 76.8 cm³/mol. The number of rotatable bonds is 2. The van der Waals surface area contributed by atoms with Gasteiger partial charge >= 0.3 is 0 Å². The summed E-state index contributed by atoms with van der Waals surface area (Å²) in [6.45, 7) is 0. The van der Waals surface area contributed by atoms with Crippen molar-refractivity contribution >= 4 is 22.6 Å². The fraction of sp³-hybridized carbons (Fsp3) is 0.0769. The van der Waals surface area contributed by atoms with Crippen molar-refractivity contribution in [2.75, 3.05) is 6.26 Å². The zero-order valence-electron chi connectivity index (χ0n) is 10.2. The number of thioether (sulfide) groups is 1. The molecule has 0 spiro atoms. The normalized spacial score (nSPS) is 10.8. The molecule has 0 amide bonds. The van der Waals surface area contributed by atoms with Crippen LogP contribution in [0.2, 0.25) is 0 Å². The summed E-state index contributed by atoms with van der Waals surface area (Å²) in [6, 6.07) is 7.67. The van der Waals surface area contributed by atoms with Crippen molar-refractivity contribution in [1.82, 2.24) is 15.3 Å². The number of benzene rings is 1. The van der Waals surface area contributed by atoms with Crippen molar-refractivity contribution in [3.8, 4) is 17.3 Å². The Morgan fingerprint density at radius 1 is 1.21 bits per heavy atom. The van der Waals surface area contributed by atoms with Gasteiger partial charge in [0, 0.05) is 18.0 Å². The standard InChI is InChI=1S/C13H11N5S/c1-19-13(17-8-14)18-12-4-2-10(3-5-12)11-6-15-9-16-7-11/h2-7,9H,1H3,(H,17,18). The van der Waals surface area contributed by atoms with Crippen LogP contribution in [-0.4, -0.2) is 21.4 Å². The Labute approximate surface area is 115 Å². The lowest BCUT2D eigenvalue weighted by Crippen LogP contribution is -2.12. The second-order valence-electron chi connectivity index (χ2n) is 3.53. The number of nitriles is 1. The van der Waals surface area contributed by atoms with Gasteiger partial charge in [0.05, 0.1) is 5.69 Å². The molecular weight excluding hydrogens is 258 g/mol. The highest BCUT2D eigenvalue weighted by Gasteiger charge is 1.99. The second kappa shape index (κ2) is 6.52. The summed E-state index contributed by atoms with van der Waals surface area (Å²) >= 11 is 1.39. The Hall–Kier alpha value is -2.39. The van der Waals surface area contributed by atoms with Crippen LogP contribution < -0.4 is 5.32 Å². The van der Waals surface area contributed by atoms with Gasteiger partial charge in [-0.2, -0.15) is 5.26 Å². The minimum atomic E-state index is 0.568. The molecule has 2 rings (SSSR count). The Bertz CT molecular complexity index is 601. The lowest BCUT2D eigenvalue weighted by Gasteiger charge is -2.02. The Balaban J connectivity index is 2.22. The molecule has 2 aromatic rings. The zero-order chi connectivity index (χ0) is 13.5. The summed E-state index contributed by atoms with van der Waals surface area (Å²) in [7, 11) is 0. The number of hydrogen-bond donors (Lipinski definition) is 1. The van der Waals surface area contributed by atoms with Gasteiger partial charge in [0.2, 0.25) is 0 Å². The molecule has 0 fully saturated rings. The van der Waals surface area contributed by atoms with E-state index >= 15 is 0 Å². The van der Waals surface area contributed by atoms with Gasteiger partial charge in [0.1, 0.15) is 6.33 Å². The van der Waals surface area contributed by atoms with Gasteiger partial charge in [-0.25, -0.2) is 15.0 Å². The molecule has 1 heterocycles. The van der Waals surface area contributed by atoms with Crippen LogP contribution >= 0.6 is 11.8 Å². The smallest absolute Gasteiger partial charge is 0.183 e. The predicted octanol–water partition coefficient (Wildman–Crippen LogP) is 2.56. The van der Waals surface area contributed by atoms with Crippen LogP contribution in [0.1, 0.15) is 0 Å². The average Bonchev–Trinajstić information content (AvgIpc) is 2.48. The number of aromatic nitrogens is 2. The molecule has 0 atom stereocenters. The summed E-state index contributed by atoms with van der Waals surface area (Å²) in [5, 5.41) is 11.7. The monoisotopic (exact) mass is 269 g/mol. The van der Waals surface area contributed by atoms with Crippen LogP contribution in [0, 0.1) is 11.5 Å². The summed E-state index contributed by atoms with van der Waals surface area (Å²) in [5.41, 5.74) is 2.77. The first-order valence-electron chi connectivity index (χ1n) is 5.46. The summed E-state index contributed by atoms with van der Waals surface area (Å²) < 4.78 is 0. The summed E-state index contributed by atoms with van der Waals surface area (Å²) in [5.74, 6) is 0. The highest BCUT2D eigenvalue weighted by atomic mass is 32.2. The highest BCUT2D eigenvalue weighted by molar-refractivity contribution is 8.13. The molecule has 94 valence electrons. The third-order valence-electron chi connectivity index (χ3n) is 2.35. The molecule has 1 N–H and O–H groups in total. The third kappa shape index (κ3) is 3.53. The first-order valence-corrected chi connectivity index (χ1v) is 6.69. The lowest BCUT2D eigenvalue weighted by atomic mass is 10.1. The molecule has 1 aromatic heterocycles. The molecule has 0 radical (unpaired) electrons. The van der Waals surface area contributed by atoms with E-state index in [0.29, 0.717) is 5.17 Å². The van der Waals surface area contributed by atoms with Crippen molar-refractivity contribution in [3.05, 3.63) is 43.0 Å². The van der Waals surface area contributed by atoms with E-state index in [2.05, 4.69) is 20.3 Å². The molecule has 5 nitrogen and oxygen atoms in total. The fourth-order valence-corrected chi connectivity index (χ4v) is 1.81. The second-order valence-corrected chi connectivity index (χ2v) is 4.33. The molecule has 0 aliphatic rings. The maximum absolute atomic E-state index is 8.57. The van der Waals surface area contributed by atoms with E-state index in [9.17, 15) is 0 Å².